The van der Waals surface area contributed by atoms with Crippen LogP contribution in [0.4, 0.5) is 0 Å². The summed E-state index contributed by atoms with van der Waals surface area (Å²) in [5.74, 6) is 0. The molecule has 12 heavy (non-hydrogen) atoms. The molecule has 2 heteroatoms. The van der Waals surface area contributed by atoms with E-state index in [0.29, 0.717) is 12.1 Å². The van der Waals surface area contributed by atoms with Crippen molar-refractivity contribution in [1.82, 2.24) is 4.90 Å². The molecule has 2 nitrogen and oxygen atoms in total. The lowest BCUT2D eigenvalue weighted by Crippen LogP contribution is -2.37. The van der Waals surface area contributed by atoms with Crippen molar-refractivity contribution in [3.05, 3.63) is 0 Å². The van der Waals surface area contributed by atoms with Gasteiger partial charge in [-0.05, 0) is 46.2 Å². The third kappa shape index (κ3) is 3.11. The van der Waals surface area contributed by atoms with Crippen LogP contribution in [0.3, 0.4) is 0 Å². The standard InChI is InChI=1S/C10H22N2/c1-9(2)12-7-4-3-5-10(11)6-8-12/h9-10H,3-8,11H2,1-2H3/t10-/m0/s1. The molecule has 0 aromatic rings. The Morgan fingerprint density at radius 1 is 1.17 bits per heavy atom. The first-order valence-corrected chi connectivity index (χ1v) is 5.20. The monoisotopic (exact) mass is 170 g/mol. The fraction of sp³-hybridized carbons (Fsp3) is 1.00. The first-order valence-electron chi connectivity index (χ1n) is 5.20. The van der Waals surface area contributed by atoms with Crippen molar-refractivity contribution in [3.8, 4) is 0 Å². The maximum Gasteiger partial charge on any atom is 0.00510 e. The van der Waals surface area contributed by atoms with Crippen LogP contribution >= 0.6 is 0 Å². The van der Waals surface area contributed by atoms with Crippen LogP contribution in [0.25, 0.3) is 0 Å². The summed E-state index contributed by atoms with van der Waals surface area (Å²) in [6, 6.07) is 1.14. The van der Waals surface area contributed by atoms with E-state index in [4.69, 9.17) is 5.73 Å². The largest absolute Gasteiger partial charge is 0.328 e. The van der Waals surface area contributed by atoms with Gasteiger partial charge >= 0.3 is 0 Å². The number of nitrogens with zero attached hydrogens (tertiary/aromatic N) is 1. The Morgan fingerprint density at radius 2 is 1.92 bits per heavy atom. The topological polar surface area (TPSA) is 29.3 Å². The molecule has 1 aliphatic heterocycles. The van der Waals surface area contributed by atoms with E-state index < -0.39 is 0 Å². The quantitative estimate of drug-likeness (QED) is 0.647. The normalized spacial score (nSPS) is 28.5. The van der Waals surface area contributed by atoms with Crippen molar-refractivity contribution in [2.45, 2.75) is 51.6 Å². The summed E-state index contributed by atoms with van der Waals surface area (Å²) in [7, 11) is 0. The van der Waals surface area contributed by atoms with E-state index in [-0.39, 0.29) is 0 Å². The van der Waals surface area contributed by atoms with Crippen LogP contribution in [0.2, 0.25) is 0 Å². The van der Waals surface area contributed by atoms with Gasteiger partial charge in [0.1, 0.15) is 0 Å². The minimum Gasteiger partial charge on any atom is -0.328 e. The molecule has 1 saturated heterocycles. The molecule has 0 unspecified atom stereocenters. The summed E-state index contributed by atoms with van der Waals surface area (Å²) < 4.78 is 0. The van der Waals surface area contributed by atoms with E-state index in [2.05, 4.69) is 18.7 Å². The Morgan fingerprint density at radius 3 is 2.58 bits per heavy atom. The highest BCUT2D eigenvalue weighted by Crippen LogP contribution is 2.11. The molecule has 1 rings (SSSR count). The lowest BCUT2D eigenvalue weighted by Gasteiger charge is -2.29. The van der Waals surface area contributed by atoms with E-state index in [9.17, 15) is 0 Å². The van der Waals surface area contributed by atoms with Gasteiger partial charge in [0.25, 0.3) is 0 Å². The lowest BCUT2D eigenvalue weighted by molar-refractivity contribution is 0.195. The zero-order chi connectivity index (χ0) is 8.97. The molecule has 1 fully saturated rings. The molecule has 1 aliphatic rings. The third-order valence-corrected chi connectivity index (χ3v) is 2.79. The number of likely N-dealkylation sites (tertiary alicyclic amines) is 1. The molecule has 0 spiro atoms. The molecule has 0 aromatic heterocycles. The Bertz CT molecular complexity index is 123. The summed E-state index contributed by atoms with van der Waals surface area (Å²) in [6.07, 6.45) is 5.04. The summed E-state index contributed by atoms with van der Waals surface area (Å²) in [6.45, 7) is 7.00. The van der Waals surface area contributed by atoms with E-state index in [0.717, 1.165) is 0 Å². The van der Waals surface area contributed by atoms with Crippen LogP contribution < -0.4 is 5.73 Å². The zero-order valence-corrected chi connectivity index (χ0v) is 8.42. The molecule has 1 atom stereocenters. The molecule has 72 valence electrons. The highest BCUT2D eigenvalue weighted by molar-refractivity contribution is 4.71. The Labute approximate surface area is 76.1 Å². The summed E-state index contributed by atoms with van der Waals surface area (Å²) >= 11 is 0. The number of rotatable bonds is 1. The second-order valence-electron chi connectivity index (χ2n) is 4.17. The van der Waals surface area contributed by atoms with Gasteiger partial charge in [-0.3, -0.25) is 0 Å². The van der Waals surface area contributed by atoms with Crippen molar-refractivity contribution < 1.29 is 0 Å². The molecule has 0 aromatic carbocycles. The van der Waals surface area contributed by atoms with Crippen LogP contribution in [-0.4, -0.2) is 30.1 Å². The molecule has 0 radical (unpaired) electrons. The first kappa shape index (κ1) is 10.0. The first-order chi connectivity index (χ1) is 5.70. The SMILES string of the molecule is CC(C)N1CCCC[C@H](N)CC1. The average Bonchev–Trinajstić information content (AvgIpc) is 1.97. The van der Waals surface area contributed by atoms with Gasteiger partial charge in [0.2, 0.25) is 0 Å². The minimum atomic E-state index is 0.451. The maximum atomic E-state index is 5.94. The Kier molecular flexibility index (Phi) is 4.02. The van der Waals surface area contributed by atoms with Crippen molar-refractivity contribution in [2.24, 2.45) is 5.73 Å². The van der Waals surface area contributed by atoms with Crippen molar-refractivity contribution in [1.29, 1.82) is 0 Å². The highest BCUT2D eigenvalue weighted by Gasteiger charge is 2.14. The van der Waals surface area contributed by atoms with Crippen LogP contribution in [0.15, 0.2) is 0 Å². The number of hydrogen-bond acceptors (Lipinski definition) is 2. The Balaban J connectivity index is 2.34. The fourth-order valence-corrected chi connectivity index (χ4v) is 1.83. The second kappa shape index (κ2) is 4.83. The predicted molar refractivity (Wildman–Crippen MR) is 53.2 cm³/mol. The van der Waals surface area contributed by atoms with Gasteiger partial charge in [-0.25, -0.2) is 0 Å². The van der Waals surface area contributed by atoms with Crippen LogP contribution in [0, 0.1) is 0 Å². The summed E-state index contributed by atoms with van der Waals surface area (Å²) in [5, 5.41) is 0. The zero-order valence-electron chi connectivity index (χ0n) is 8.42. The molecular weight excluding hydrogens is 148 g/mol. The molecule has 2 N–H and O–H groups in total. The molecule has 0 bridgehead atoms. The van der Waals surface area contributed by atoms with E-state index in [1.165, 1.54) is 38.8 Å². The van der Waals surface area contributed by atoms with Crippen LogP contribution in [-0.2, 0) is 0 Å². The minimum absolute atomic E-state index is 0.451. The van der Waals surface area contributed by atoms with Crippen molar-refractivity contribution in [2.75, 3.05) is 13.1 Å². The highest BCUT2D eigenvalue weighted by atomic mass is 15.1. The molecule has 0 amide bonds. The smallest absolute Gasteiger partial charge is 0.00510 e. The van der Waals surface area contributed by atoms with Gasteiger partial charge in [-0.1, -0.05) is 6.42 Å². The number of nitrogens with two attached hydrogens (primary N) is 1. The van der Waals surface area contributed by atoms with E-state index in [1.54, 1.807) is 0 Å². The van der Waals surface area contributed by atoms with Gasteiger partial charge < -0.3 is 10.6 Å². The fourth-order valence-electron chi connectivity index (χ4n) is 1.83. The predicted octanol–water partition coefficient (Wildman–Crippen LogP) is 1.60. The molecule has 1 heterocycles. The van der Waals surface area contributed by atoms with Gasteiger partial charge in [0, 0.05) is 12.1 Å². The molecule has 0 saturated carbocycles. The van der Waals surface area contributed by atoms with Crippen LogP contribution in [0.1, 0.15) is 39.5 Å². The third-order valence-electron chi connectivity index (χ3n) is 2.79. The van der Waals surface area contributed by atoms with E-state index in [1.807, 2.05) is 0 Å². The Hall–Kier alpha value is -0.0800. The average molecular weight is 170 g/mol. The van der Waals surface area contributed by atoms with Crippen molar-refractivity contribution in [3.63, 3.8) is 0 Å². The lowest BCUT2D eigenvalue weighted by atomic mass is 10.0. The molecule has 0 aliphatic carbocycles. The number of hydrogen-bond donors (Lipinski definition) is 1. The van der Waals surface area contributed by atoms with Gasteiger partial charge in [-0.2, -0.15) is 0 Å². The van der Waals surface area contributed by atoms with Crippen molar-refractivity contribution >= 4 is 0 Å². The van der Waals surface area contributed by atoms with Gasteiger partial charge in [0.15, 0.2) is 0 Å². The molecular formula is C10H22N2. The van der Waals surface area contributed by atoms with Crippen LogP contribution in [0.5, 0.6) is 0 Å². The summed E-state index contributed by atoms with van der Waals surface area (Å²) in [4.78, 5) is 2.54. The maximum absolute atomic E-state index is 5.94. The summed E-state index contributed by atoms with van der Waals surface area (Å²) in [5.41, 5.74) is 5.94. The van der Waals surface area contributed by atoms with Gasteiger partial charge in [-0.15, -0.1) is 0 Å². The second-order valence-corrected chi connectivity index (χ2v) is 4.17. The van der Waals surface area contributed by atoms with Gasteiger partial charge in [0.05, 0.1) is 0 Å². The van der Waals surface area contributed by atoms with E-state index >= 15 is 0 Å².